The Balaban J connectivity index is 3.41. The summed E-state index contributed by atoms with van der Waals surface area (Å²) in [6.45, 7) is 4.24. The van der Waals surface area contributed by atoms with Gasteiger partial charge in [-0.25, -0.2) is 0 Å². The van der Waals surface area contributed by atoms with Crippen LogP contribution in [-0.2, 0) is 14.3 Å². The van der Waals surface area contributed by atoms with E-state index in [1.807, 2.05) is 6.92 Å². The molecule has 0 saturated heterocycles. The topological polar surface area (TPSA) is 35.5 Å². The Kier molecular flexibility index (Phi) is 7.94. The maximum absolute atomic E-state index is 11.3. The van der Waals surface area contributed by atoms with Crippen LogP contribution in [0.5, 0.6) is 0 Å². The first-order valence-corrected chi connectivity index (χ1v) is 4.83. The molecule has 0 amide bonds. The van der Waals surface area contributed by atoms with Gasteiger partial charge in [0.15, 0.2) is 0 Å². The minimum atomic E-state index is -0.0238. The lowest BCUT2D eigenvalue weighted by molar-refractivity contribution is -0.124. The molecule has 0 spiro atoms. The first-order valence-electron chi connectivity index (χ1n) is 4.83. The predicted molar refractivity (Wildman–Crippen MR) is 51.6 cm³/mol. The molecular weight excluding hydrogens is 168 g/mol. The fourth-order valence-corrected chi connectivity index (χ4v) is 1.04. The van der Waals surface area contributed by atoms with Crippen molar-refractivity contribution >= 4 is 5.78 Å². The molecule has 0 aromatic carbocycles. The highest BCUT2D eigenvalue weighted by molar-refractivity contribution is 5.78. The molecule has 0 aliphatic heterocycles. The zero-order chi connectivity index (χ0) is 10.1. The average molecular weight is 188 g/mol. The molecule has 3 heteroatoms. The number of hydrogen-bond donors (Lipinski definition) is 0. The summed E-state index contributed by atoms with van der Waals surface area (Å²) >= 11 is 0. The fraction of sp³-hybridized carbons (Fsp3) is 0.900. The highest BCUT2D eigenvalue weighted by Gasteiger charge is 2.08. The third-order valence-electron chi connectivity index (χ3n) is 1.79. The Hall–Kier alpha value is -0.410. The SMILES string of the molecule is CCCCC(=O)CC(C)OCOC. The standard InChI is InChI=1S/C10H20O3/c1-4-5-6-10(11)7-9(2)13-8-12-3/h9H,4-8H2,1-3H3. The van der Waals surface area contributed by atoms with Gasteiger partial charge in [-0.3, -0.25) is 4.79 Å². The third-order valence-corrected chi connectivity index (χ3v) is 1.79. The second-order valence-electron chi connectivity index (χ2n) is 3.23. The summed E-state index contributed by atoms with van der Waals surface area (Å²) in [7, 11) is 1.58. The van der Waals surface area contributed by atoms with Crippen molar-refractivity contribution in [2.24, 2.45) is 0 Å². The minimum Gasteiger partial charge on any atom is -0.359 e. The largest absolute Gasteiger partial charge is 0.359 e. The van der Waals surface area contributed by atoms with Crippen LogP contribution in [0.25, 0.3) is 0 Å². The van der Waals surface area contributed by atoms with E-state index in [9.17, 15) is 4.79 Å². The number of rotatable bonds is 8. The molecule has 0 saturated carbocycles. The number of ether oxygens (including phenoxy) is 2. The van der Waals surface area contributed by atoms with E-state index >= 15 is 0 Å². The molecule has 0 N–H and O–H groups in total. The molecule has 0 rings (SSSR count). The summed E-state index contributed by atoms with van der Waals surface area (Å²) in [6, 6.07) is 0. The van der Waals surface area contributed by atoms with Crippen LogP contribution in [0, 0.1) is 0 Å². The summed E-state index contributed by atoms with van der Waals surface area (Å²) in [4.78, 5) is 11.3. The predicted octanol–water partition coefficient (Wildman–Crippen LogP) is 2.14. The van der Waals surface area contributed by atoms with E-state index < -0.39 is 0 Å². The van der Waals surface area contributed by atoms with Gasteiger partial charge >= 0.3 is 0 Å². The molecule has 0 aromatic heterocycles. The van der Waals surface area contributed by atoms with Crippen molar-refractivity contribution in [3.05, 3.63) is 0 Å². The van der Waals surface area contributed by atoms with E-state index in [4.69, 9.17) is 9.47 Å². The molecule has 0 bridgehead atoms. The van der Waals surface area contributed by atoms with Gasteiger partial charge in [-0.05, 0) is 13.3 Å². The van der Waals surface area contributed by atoms with E-state index in [-0.39, 0.29) is 18.7 Å². The number of hydrogen-bond acceptors (Lipinski definition) is 3. The lowest BCUT2D eigenvalue weighted by Gasteiger charge is -2.10. The van der Waals surface area contributed by atoms with E-state index in [0.717, 1.165) is 12.8 Å². The van der Waals surface area contributed by atoms with Crippen molar-refractivity contribution in [2.75, 3.05) is 13.9 Å². The maximum Gasteiger partial charge on any atom is 0.146 e. The van der Waals surface area contributed by atoms with E-state index in [1.165, 1.54) is 0 Å². The third kappa shape index (κ3) is 7.94. The molecule has 0 radical (unpaired) electrons. The van der Waals surface area contributed by atoms with Crippen molar-refractivity contribution in [3.8, 4) is 0 Å². The van der Waals surface area contributed by atoms with Gasteiger partial charge in [0.05, 0.1) is 6.10 Å². The molecule has 13 heavy (non-hydrogen) atoms. The smallest absolute Gasteiger partial charge is 0.146 e. The summed E-state index contributed by atoms with van der Waals surface area (Å²) in [6.07, 6.45) is 3.21. The monoisotopic (exact) mass is 188 g/mol. The highest BCUT2D eigenvalue weighted by Crippen LogP contribution is 2.04. The van der Waals surface area contributed by atoms with Crippen molar-refractivity contribution in [1.29, 1.82) is 0 Å². The number of ketones is 1. The summed E-state index contributed by atoms with van der Waals surface area (Å²) in [5, 5.41) is 0. The molecule has 78 valence electrons. The van der Waals surface area contributed by atoms with Crippen molar-refractivity contribution in [3.63, 3.8) is 0 Å². The van der Waals surface area contributed by atoms with Crippen molar-refractivity contribution in [1.82, 2.24) is 0 Å². The summed E-state index contributed by atoms with van der Waals surface area (Å²) < 4.78 is 9.94. The normalized spacial score (nSPS) is 12.8. The highest BCUT2D eigenvalue weighted by atomic mass is 16.7. The number of Topliss-reactive ketones (excluding diaryl/α,β-unsaturated/α-hetero) is 1. The Morgan fingerprint density at radius 2 is 2.15 bits per heavy atom. The Bertz CT molecular complexity index is 134. The van der Waals surface area contributed by atoms with Gasteiger partial charge in [-0.2, -0.15) is 0 Å². The zero-order valence-corrected chi connectivity index (χ0v) is 8.84. The van der Waals surface area contributed by atoms with Gasteiger partial charge in [0.25, 0.3) is 0 Å². The van der Waals surface area contributed by atoms with Crippen LogP contribution in [0.4, 0.5) is 0 Å². The molecule has 0 aliphatic rings. The average Bonchev–Trinajstić information content (AvgIpc) is 2.11. The maximum atomic E-state index is 11.3. The quantitative estimate of drug-likeness (QED) is 0.547. The van der Waals surface area contributed by atoms with Crippen LogP contribution in [0.2, 0.25) is 0 Å². The van der Waals surface area contributed by atoms with Gasteiger partial charge in [0, 0.05) is 20.0 Å². The first-order chi connectivity index (χ1) is 6.20. The number of carbonyl (C=O) groups excluding carboxylic acids is 1. The van der Waals surface area contributed by atoms with Crippen LogP contribution >= 0.6 is 0 Å². The molecule has 0 aromatic rings. The summed E-state index contributed by atoms with van der Waals surface area (Å²) in [5.41, 5.74) is 0. The number of methoxy groups -OCH3 is 1. The van der Waals surface area contributed by atoms with Crippen LogP contribution in [0.3, 0.4) is 0 Å². The molecule has 0 heterocycles. The molecule has 0 aliphatic carbocycles. The van der Waals surface area contributed by atoms with E-state index in [0.29, 0.717) is 12.8 Å². The Labute approximate surface area is 80.4 Å². The Morgan fingerprint density at radius 1 is 1.46 bits per heavy atom. The van der Waals surface area contributed by atoms with Crippen molar-refractivity contribution < 1.29 is 14.3 Å². The van der Waals surface area contributed by atoms with E-state index in [1.54, 1.807) is 7.11 Å². The van der Waals surface area contributed by atoms with Gasteiger partial charge in [0.1, 0.15) is 12.6 Å². The van der Waals surface area contributed by atoms with Gasteiger partial charge in [0.2, 0.25) is 0 Å². The lowest BCUT2D eigenvalue weighted by atomic mass is 10.1. The fourth-order valence-electron chi connectivity index (χ4n) is 1.04. The van der Waals surface area contributed by atoms with Gasteiger partial charge in [-0.1, -0.05) is 13.3 Å². The van der Waals surface area contributed by atoms with E-state index in [2.05, 4.69) is 6.92 Å². The second-order valence-corrected chi connectivity index (χ2v) is 3.23. The van der Waals surface area contributed by atoms with Crippen LogP contribution in [0.15, 0.2) is 0 Å². The zero-order valence-electron chi connectivity index (χ0n) is 8.84. The van der Waals surface area contributed by atoms with Crippen LogP contribution in [-0.4, -0.2) is 25.8 Å². The molecular formula is C10H20O3. The first kappa shape index (κ1) is 12.6. The van der Waals surface area contributed by atoms with Gasteiger partial charge < -0.3 is 9.47 Å². The molecule has 3 nitrogen and oxygen atoms in total. The van der Waals surface area contributed by atoms with Gasteiger partial charge in [-0.15, -0.1) is 0 Å². The minimum absolute atomic E-state index is 0.0238. The Morgan fingerprint density at radius 3 is 2.69 bits per heavy atom. The molecule has 1 atom stereocenters. The number of unbranched alkanes of at least 4 members (excludes halogenated alkanes) is 1. The lowest BCUT2D eigenvalue weighted by Crippen LogP contribution is -2.15. The second kappa shape index (κ2) is 8.20. The van der Waals surface area contributed by atoms with Crippen LogP contribution in [0.1, 0.15) is 39.5 Å². The molecule has 1 unspecified atom stereocenters. The van der Waals surface area contributed by atoms with Crippen molar-refractivity contribution in [2.45, 2.75) is 45.6 Å². The number of carbonyl (C=O) groups is 1. The van der Waals surface area contributed by atoms with Crippen LogP contribution < -0.4 is 0 Å². The molecule has 0 fully saturated rings. The summed E-state index contributed by atoms with van der Waals surface area (Å²) in [5.74, 6) is 0.283.